The molecule has 0 amide bonds. The van der Waals surface area contributed by atoms with Gasteiger partial charge in [-0.05, 0) is 49.5 Å². The topological polar surface area (TPSA) is 60.0 Å². The molecule has 2 aromatic carbocycles. The van der Waals surface area contributed by atoms with Gasteiger partial charge < -0.3 is 24.4 Å². The molecular weight excluding hydrogens is 368 g/mol. The van der Waals surface area contributed by atoms with Crippen molar-refractivity contribution in [3.05, 3.63) is 47.5 Å². The van der Waals surface area contributed by atoms with E-state index in [2.05, 4.69) is 34.5 Å². The van der Waals surface area contributed by atoms with Gasteiger partial charge in [-0.15, -0.1) is 0 Å². The Morgan fingerprint density at radius 3 is 2.79 bits per heavy atom. The molecule has 0 radical (unpaired) electrons. The summed E-state index contributed by atoms with van der Waals surface area (Å²) >= 11 is 0. The van der Waals surface area contributed by atoms with E-state index in [0.29, 0.717) is 24.0 Å². The number of nitrogens with zero attached hydrogens (tertiary/aromatic N) is 1. The molecule has 29 heavy (non-hydrogen) atoms. The fourth-order valence-electron chi connectivity index (χ4n) is 5.34. The fraction of sp³-hybridized carbons (Fsp3) is 0.435. The van der Waals surface area contributed by atoms with Gasteiger partial charge in [0, 0.05) is 30.4 Å². The largest absolute Gasteiger partial charge is 0.492 e. The highest BCUT2D eigenvalue weighted by atomic mass is 16.6. The zero-order valence-corrected chi connectivity index (χ0v) is 16.3. The molecule has 1 spiro atoms. The van der Waals surface area contributed by atoms with E-state index in [4.69, 9.17) is 14.2 Å². The summed E-state index contributed by atoms with van der Waals surface area (Å²) in [6.45, 7) is 4.71. The molecule has 1 atom stereocenters. The number of ether oxygens (including phenoxy) is 3. The van der Waals surface area contributed by atoms with Gasteiger partial charge in [-0.3, -0.25) is 0 Å². The van der Waals surface area contributed by atoms with Crippen LogP contribution in [0.3, 0.4) is 0 Å². The second kappa shape index (κ2) is 6.39. The van der Waals surface area contributed by atoms with Crippen LogP contribution in [-0.2, 0) is 10.2 Å². The number of fused-ring (bicyclic) bond motifs is 5. The van der Waals surface area contributed by atoms with E-state index in [9.17, 15) is 4.79 Å². The Balaban J connectivity index is 1.40. The van der Waals surface area contributed by atoms with Gasteiger partial charge in [0.15, 0.2) is 18.1 Å². The van der Waals surface area contributed by atoms with Crippen LogP contribution in [0.15, 0.2) is 36.4 Å². The van der Waals surface area contributed by atoms with E-state index in [-0.39, 0.29) is 18.0 Å². The third-order valence-corrected chi connectivity index (χ3v) is 6.76. The number of hydrogen-bond acceptors (Lipinski definition) is 6. The van der Waals surface area contributed by atoms with Crippen LogP contribution in [0.5, 0.6) is 17.2 Å². The predicted molar refractivity (Wildman–Crippen MR) is 108 cm³/mol. The molecule has 4 aliphatic heterocycles. The fourth-order valence-corrected chi connectivity index (χ4v) is 5.34. The molecular formula is C23H24N2O4. The number of benzene rings is 2. The van der Waals surface area contributed by atoms with Crippen molar-refractivity contribution >= 4 is 11.7 Å². The van der Waals surface area contributed by atoms with Crippen LogP contribution in [0.4, 0.5) is 5.69 Å². The molecule has 0 bridgehead atoms. The predicted octanol–water partition coefficient (Wildman–Crippen LogP) is 2.48. The molecule has 1 saturated heterocycles. The third kappa shape index (κ3) is 2.62. The lowest BCUT2D eigenvalue weighted by Gasteiger charge is -2.30. The van der Waals surface area contributed by atoms with Crippen molar-refractivity contribution in [3.8, 4) is 17.2 Å². The molecule has 6 rings (SSSR count). The maximum absolute atomic E-state index is 11.7. The van der Waals surface area contributed by atoms with Crippen LogP contribution in [0.25, 0.3) is 0 Å². The Morgan fingerprint density at radius 2 is 1.90 bits per heavy atom. The third-order valence-electron chi connectivity index (χ3n) is 6.76. The van der Waals surface area contributed by atoms with Crippen molar-refractivity contribution in [1.82, 2.24) is 5.32 Å². The summed E-state index contributed by atoms with van der Waals surface area (Å²) in [5, 5.41) is 3.46. The minimum absolute atomic E-state index is 0.0518. The number of carbonyl (C=O) groups is 1. The smallest absolute Gasteiger partial charge is 0.349 e. The molecule has 4 heterocycles. The molecule has 4 aliphatic rings. The van der Waals surface area contributed by atoms with Gasteiger partial charge in [0.25, 0.3) is 0 Å². The van der Waals surface area contributed by atoms with Crippen LogP contribution in [0.2, 0.25) is 0 Å². The minimum atomic E-state index is -0.357. The van der Waals surface area contributed by atoms with Crippen LogP contribution < -0.4 is 24.4 Å². The minimum Gasteiger partial charge on any atom is -0.492 e. The van der Waals surface area contributed by atoms with E-state index in [1.807, 2.05) is 12.1 Å². The molecule has 1 unspecified atom stereocenters. The van der Waals surface area contributed by atoms with Crippen LogP contribution in [0, 0.1) is 5.92 Å². The van der Waals surface area contributed by atoms with Gasteiger partial charge >= 0.3 is 5.97 Å². The molecule has 150 valence electrons. The van der Waals surface area contributed by atoms with E-state index in [1.165, 1.54) is 24.1 Å². The van der Waals surface area contributed by atoms with Gasteiger partial charge in [0.1, 0.15) is 12.4 Å². The van der Waals surface area contributed by atoms with Crippen LogP contribution in [-0.4, -0.2) is 45.4 Å². The summed E-state index contributed by atoms with van der Waals surface area (Å²) in [6.07, 6.45) is 2.44. The average Bonchev–Trinajstić information content (AvgIpc) is 3.26. The lowest BCUT2D eigenvalue weighted by molar-refractivity contribution is -0.138. The highest BCUT2D eigenvalue weighted by molar-refractivity contribution is 5.78. The Hall–Kier alpha value is -2.73. The number of nitrogens with one attached hydrogen (secondary N) is 1. The summed E-state index contributed by atoms with van der Waals surface area (Å²) in [5.74, 6) is 2.27. The van der Waals surface area contributed by atoms with Crippen molar-refractivity contribution < 1.29 is 19.0 Å². The molecule has 0 aromatic heterocycles. The SMILES string of the molecule is O=C1COc2cc3c(cc2O1)C1(CO3)CN(CC2CCNCC2)c2ccccc21. The number of piperidine rings is 1. The van der Waals surface area contributed by atoms with Gasteiger partial charge in [-0.1, -0.05) is 18.2 Å². The molecule has 6 heteroatoms. The maximum Gasteiger partial charge on any atom is 0.349 e. The highest BCUT2D eigenvalue weighted by Gasteiger charge is 2.50. The monoisotopic (exact) mass is 392 g/mol. The van der Waals surface area contributed by atoms with Gasteiger partial charge in [0.05, 0.1) is 5.41 Å². The second-order valence-corrected chi connectivity index (χ2v) is 8.52. The lowest BCUT2D eigenvalue weighted by Crippen LogP contribution is -2.40. The van der Waals surface area contributed by atoms with Crippen molar-refractivity contribution in [2.75, 3.05) is 44.3 Å². The quantitative estimate of drug-likeness (QED) is 0.626. The number of esters is 1. The number of rotatable bonds is 2. The zero-order chi connectivity index (χ0) is 19.4. The standard InChI is InChI=1S/C23H24N2O4/c26-22-12-27-20-10-19-17(9-21(20)29-22)23(14-28-19)13-25(11-15-5-7-24-8-6-15)18-4-2-1-3-16(18)23/h1-4,9-10,15,24H,5-8,11-14H2. The molecule has 1 fully saturated rings. The maximum atomic E-state index is 11.7. The Labute approximate surface area is 169 Å². The Bertz CT molecular complexity index is 985. The lowest BCUT2D eigenvalue weighted by atomic mass is 9.77. The number of para-hydroxylation sites is 1. The van der Waals surface area contributed by atoms with E-state index >= 15 is 0 Å². The summed E-state index contributed by atoms with van der Waals surface area (Å²) < 4.78 is 17.2. The zero-order valence-electron chi connectivity index (χ0n) is 16.3. The van der Waals surface area contributed by atoms with Crippen molar-refractivity contribution in [1.29, 1.82) is 0 Å². The van der Waals surface area contributed by atoms with E-state index < -0.39 is 0 Å². The van der Waals surface area contributed by atoms with Gasteiger partial charge in [-0.2, -0.15) is 0 Å². The molecule has 6 nitrogen and oxygen atoms in total. The van der Waals surface area contributed by atoms with E-state index in [0.717, 1.165) is 37.5 Å². The second-order valence-electron chi connectivity index (χ2n) is 8.52. The number of hydrogen-bond donors (Lipinski definition) is 1. The van der Waals surface area contributed by atoms with Gasteiger partial charge in [-0.25, -0.2) is 4.79 Å². The number of carbonyl (C=O) groups excluding carboxylic acids is 1. The van der Waals surface area contributed by atoms with Crippen molar-refractivity contribution in [2.24, 2.45) is 5.92 Å². The summed E-state index contributed by atoms with van der Waals surface area (Å²) in [6, 6.07) is 12.5. The first-order chi connectivity index (χ1) is 14.2. The van der Waals surface area contributed by atoms with Crippen LogP contribution in [0.1, 0.15) is 24.0 Å². The molecule has 0 aliphatic carbocycles. The van der Waals surface area contributed by atoms with E-state index in [1.54, 1.807) is 0 Å². The Morgan fingerprint density at radius 1 is 1.03 bits per heavy atom. The summed E-state index contributed by atoms with van der Waals surface area (Å²) in [7, 11) is 0. The highest BCUT2D eigenvalue weighted by Crippen LogP contribution is 2.54. The molecule has 1 N–H and O–H groups in total. The summed E-state index contributed by atoms with van der Waals surface area (Å²) in [5.41, 5.74) is 3.46. The number of anilines is 1. The van der Waals surface area contributed by atoms with Gasteiger partial charge in [0.2, 0.25) is 0 Å². The molecule has 2 aromatic rings. The first-order valence-electron chi connectivity index (χ1n) is 10.4. The van der Waals surface area contributed by atoms with Crippen LogP contribution >= 0.6 is 0 Å². The van der Waals surface area contributed by atoms with Crippen molar-refractivity contribution in [2.45, 2.75) is 18.3 Å². The Kier molecular flexibility index (Phi) is 3.78. The normalized spacial score (nSPS) is 25.1. The molecule has 0 saturated carbocycles. The summed E-state index contributed by atoms with van der Waals surface area (Å²) in [4.78, 5) is 14.3. The first-order valence-corrected chi connectivity index (χ1v) is 10.4. The first kappa shape index (κ1) is 17.2. The van der Waals surface area contributed by atoms with Crippen molar-refractivity contribution in [3.63, 3.8) is 0 Å². The average molecular weight is 392 g/mol.